The van der Waals surface area contributed by atoms with Gasteiger partial charge in [-0.1, -0.05) is 49.7 Å². The SMILES string of the molecule is CCCCN(C(=O)c1cccc2ccccc12)C1CC2CC[N+]1(C)CC2.I. The first kappa shape index (κ1) is 20.6. The molecule has 27 heavy (non-hydrogen) atoms. The van der Waals surface area contributed by atoms with E-state index in [4.69, 9.17) is 0 Å². The van der Waals surface area contributed by atoms with E-state index in [0.29, 0.717) is 6.17 Å². The van der Waals surface area contributed by atoms with Crippen LogP contribution in [-0.4, -0.2) is 48.1 Å². The molecule has 1 amide bonds. The van der Waals surface area contributed by atoms with Crippen molar-refractivity contribution in [2.45, 2.75) is 45.2 Å². The van der Waals surface area contributed by atoms with E-state index in [0.717, 1.165) is 46.1 Å². The van der Waals surface area contributed by atoms with Gasteiger partial charge in [-0.3, -0.25) is 9.69 Å². The number of piperidine rings is 3. The average Bonchev–Trinajstić information content (AvgIpc) is 2.68. The van der Waals surface area contributed by atoms with Crippen LogP contribution in [0.5, 0.6) is 0 Å². The summed E-state index contributed by atoms with van der Waals surface area (Å²) >= 11 is 0. The number of halogens is 1. The van der Waals surface area contributed by atoms with Gasteiger partial charge in [0.2, 0.25) is 0 Å². The Labute approximate surface area is 180 Å². The topological polar surface area (TPSA) is 20.3 Å². The van der Waals surface area contributed by atoms with Crippen LogP contribution in [0, 0.1) is 5.92 Å². The molecule has 0 aliphatic carbocycles. The molecule has 3 saturated heterocycles. The van der Waals surface area contributed by atoms with Gasteiger partial charge in [-0.05, 0) is 42.0 Å². The predicted molar refractivity (Wildman–Crippen MR) is 122 cm³/mol. The molecular formula is C23H32IN2O+. The number of hydrogen-bond donors (Lipinski definition) is 0. The first-order valence-corrected chi connectivity index (χ1v) is 10.3. The van der Waals surface area contributed by atoms with Crippen molar-refractivity contribution in [3.63, 3.8) is 0 Å². The molecule has 0 radical (unpaired) electrons. The van der Waals surface area contributed by atoms with Crippen molar-refractivity contribution in [3.8, 4) is 0 Å². The summed E-state index contributed by atoms with van der Waals surface area (Å²) in [4.78, 5) is 15.9. The summed E-state index contributed by atoms with van der Waals surface area (Å²) in [6.45, 7) is 5.54. The van der Waals surface area contributed by atoms with Gasteiger partial charge >= 0.3 is 0 Å². The number of quaternary nitrogens is 1. The van der Waals surface area contributed by atoms with Crippen LogP contribution >= 0.6 is 24.0 Å². The summed E-state index contributed by atoms with van der Waals surface area (Å²) in [7, 11) is 2.37. The second kappa shape index (κ2) is 8.48. The second-order valence-electron chi connectivity index (χ2n) is 8.47. The monoisotopic (exact) mass is 479 g/mol. The molecule has 3 aliphatic rings. The van der Waals surface area contributed by atoms with Crippen molar-refractivity contribution in [2.75, 3.05) is 26.7 Å². The highest BCUT2D eigenvalue weighted by Crippen LogP contribution is 2.39. The quantitative estimate of drug-likeness (QED) is 0.422. The van der Waals surface area contributed by atoms with Crippen molar-refractivity contribution >= 4 is 40.7 Å². The van der Waals surface area contributed by atoms with Crippen LogP contribution in [0.1, 0.15) is 49.4 Å². The molecule has 2 aromatic carbocycles. The molecule has 2 bridgehead atoms. The van der Waals surface area contributed by atoms with Gasteiger partial charge < -0.3 is 4.48 Å². The van der Waals surface area contributed by atoms with E-state index in [2.05, 4.69) is 37.1 Å². The zero-order valence-electron chi connectivity index (χ0n) is 16.6. The number of fused-ring (bicyclic) bond motifs is 4. The number of hydrogen-bond acceptors (Lipinski definition) is 1. The van der Waals surface area contributed by atoms with Gasteiger partial charge in [0.15, 0.2) is 6.17 Å². The molecule has 146 valence electrons. The lowest BCUT2D eigenvalue weighted by molar-refractivity contribution is -0.958. The first-order chi connectivity index (χ1) is 12.6. The van der Waals surface area contributed by atoms with Crippen molar-refractivity contribution in [3.05, 3.63) is 48.0 Å². The highest BCUT2D eigenvalue weighted by atomic mass is 127. The Kier molecular flexibility index (Phi) is 6.46. The molecule has 1 unspecified atom stereocenters. The third-order valence-electron chi connectivity index (χ3n) is 6.75. The minimum absolute atomic E-state index is 0. The molecule has 3 heterocycles. The molecule has 0 spiro atoms. The molecule has 3 nitrogen and oxygen atoms in total. The van der Waals surface area contributed by atoms with E-state index < -0.39 is 0 Å². The van der Waals surface area contributed by atoms with E-state index in [1.54, 1.807) is 0 Å². The largest absolute Gasteiger partial charge is 0.306 e. The van der Waals surface area contributed by atoms with Crippen LogP contribution in [0.25, 0.3) is 10.8 Å². The molecule has 0 saturated carbocycles. The molecule has 2 aromatic rings. The molecule has 4 heteroatoms. The van der Waals surface area contributed by atoms with Crippen molar-refractivity contribution in [1.29, 1.82) is 0 Å². The number of carbonyl (C=O) groups is 1. The number of nitrogens with zero attached hydrogens (tertiary/aromatic N) is 2. The third-order valence-corrected chi connectivity index (χ3v) is 6.75. The fraction of sp³-hybridized carbons (Fsp3) is 0.522. The van der Waals surface area contributed by atoms with Crippen molar-refractivity contribution in [2.24, 2.45) is 5.92 Å². The van der Waals surface area contributed by atoms with Crippen LogP contribution in [0.2, 0.25) is 0 Å². The molecule has 3 fully saturated rings. The van der Waals surface area contributed by atoms with Crippen LogP contribution in [-0.2, 0) is 0 Å². The normalized spacial score (nSPS) is 26.6. The second-order valence-corrected chi connectivity index (χ2v) is 8.47. The van der Waals surface area contributed by atoms with Crippen molar-refractivity contribution in [1.82, 2.24) is 4.90 Å². The Morgan fingerprint density at radius 3 is 2.52 bits per heavy atom. The maximum Gasteiger partial charge on any atom is 0.258 e. The molecule has 1 atom stereocenters. The number of benzene rings is 2. The van der Waals surface area contributed by atoms with Crippen LogP contribution < -0.4 is 0 Å². The summed E-state index contributed by atoms with van der Waals surface area (Å²) in [5.41, 5.74) is 0.869. The highest BCUT2D eigenvalue weighted by molar-refractivity contribution is 14.0. The van der Waals surface area contributed by atoms with Gasteiger partial charge in [0.25, 0.3) is 5.91 Å². The maximum absolute atomic E-state index is 13.7. The molecule has 5 rings (SSSR count). The fourth-order valence-corrected chi connectivity index (χ4v) is 5.04. The van der Waals surface area contributed by atoms with E-state index in [9.17, 15) is 4.79 Å². The summed E-state index contributed by atoms with van der Waals surface area (Å²) in [6.07, 6.45) is 6.39. The Balaban J connectivity index is 0.00000210. The molecule has 3 aliphatic heterocycles. The van der Waals surface area contributed by atoms with E-state index >= 15 is 0 Å². The van der Waals surface area contributed by atoms with Gasteiger partial charge in [-0.15, -0.1) is 24.0 Å². The minimum Gasteiger partial charge on any atom is -0.306 e. The highest BCUT2D eigenvalue weighted by Gasteiger charge is 2.48. The lowest BCUT2D eigenvalue weighted by Gasteiger charge is -2.55. The lowest BCUT2D eigenvalue weighted by atomic mass is 9.83. The van der Waals surface area contributed by atoms with Gasteiger partial charge in [-0.2, -0.15) is 0 Å². The standard InChI is InChI=1S/C23H31N2O.HI/c1-3-4-14-24(22-17-18-12-15-25(22,2)16-13-18)23(26)21-11-7-9-19-8-5-6-10-20(19)21;/h5-11,18,22H,3-4,12-17H2,1-2H3;1H/q+1;. The van der Waals surface area contributed by atoms with Gasteiger partial charge in [-0.25, -0.2) is 0 Å². The number of carbonyl (C=O) groups excluding carboxylic acids is 1. The van der Waals surface area contributed by atoms with Crippen LogP contribution in [0.3, 0.4) is 0 Å². The molecule has 0 N–H and O–H groups in total. The zero-order chi connectivity index (χ0) is 18.1. The predicted octanol–water partition coefficient (Wildman–Crippen LogP) is 5.29. The Morgan fingerprint density at radius 1 is 1.11 bits per heavy atom. The molecule has 0 aromatic heterocycles. The summed E-state index contributed by atoms with van der Waals surface area (Å²) < 4.78 is 1.05. The zero-order valence-corrected chi connectivity index (χ0v) is 18.9. The van der Waals surface area contributed by atoms with Crippen LogP contribution in [0.15, 0.2) is 42.5 Å². The Hall–Kier alpha value is -1.14. The minimum atomic E-state index is 0. The average molecular weight is 479 g/mol. The lowest BCUT2D eigenvalue weighted by Crippen LogP contribution is -2.68. The van der Waals surface area contributed by atoms with E-state index in [1.807, 2.05) is 24.3 Å². The van der Waals surface area contributed by atoms with E-state index in [1.165, 1.54) is 32.4 Å². The smallest absolute Gasteiger partial charge is 0.258 e. The molecular weight excluding hydrogens is 447 g/mol. The fourth-order valence-electron chi connectivity index (χ4n) is 5.04. The summed E-state index contributed by atoms with van der Waals surface area (Å²) in [5, 5.41) is 2.24. The number of amides is 1. The Bertz CT molecular complexity index is 793. The Morgan fingerprint density at radius 2 is 1.81 bits per heavy atom. The van der Waals surface area contributed by atoms with Gasteiger partial charge in [0, 0.05) is 18.5 Å². The number of rotatable bonds is 5. The van der Waals surface area contributed by atoms with E-state index in [-0.39, 0.29) is 29.9 Å². The number of unbranched alkanes of at least 4 members (excludes halogenated alkanes) is 1. The van der Waals surface area contributed by atoms with Gasteiger partial charge in [0.05, 0.1) is 20.1 Å². The summed E-state index contributed by atoms with van der Waals surface area (Å²) in [6, 6.07) is 14.4. The maximum atomic E-state index is 13.7. The van der Waals surface area contributed by atoms with Gasteiger partial charge in [0.1, 0.15) is 0 Å². The first-order valence-electron chi connectivity index (χ1n) is 10.3. The summed E-state index contributed by atoms with van der Waals surface area (Å²) in [5.74, 6) is 1.04. The van der Waals surface area contributed by atoms with Crippen molar-refractivity contribution < 1.29 is 9.28 Å². The third kappa shape index (κ3) is 3.88. The van der Waals surface area contributed by atoms with Crippen LogP contribution in [0.4, 0.5) is 0 Å².